The SMILES string of the molecule is CCOC(=O)C#CC(O)c1ccc(OCc2ccccc2)cc1. The van der Waals surface area contributed by atoms with E-state index >= 15 is 0 Å². The molecule has 4 nitrogen and oxygen atoms in total. The standard InChI is InChI=1S/C19H18O4/c1-2-22-19(21)13-12-18(20)16-8-10-17(11-9-16)23-14-15-6-4-3-5-7-15/h3-11,18,20H,2,14H2,1H3. The van der Waals surface area contributed by atoms with E-state index in [1.165, 1.54) is 0 Å². The predicted molar refractivity (Wildman–Crippen MR) is 86.6 cm³/mol. The smallest absolute Gasteiger partial charge is 0.384 e. The van der Waals surface area contributed by atoms with Crippen LogP contribution in [0.5, 0.6) is 5.75 Å². The van der Waals surface area contributed by atoms with Crippen LogP contribution in [0.25, 0.3) is 0 Å². The van der Waals surface area contributed by atoms with Crippen molar-refractivity contribution in [2.24, 2.45) is 0 Å². The second kappa shape index (κ2) is 8.62. The molecule has 0 saturated carbocycles. The lowest BCUT2D eigenvalue weighted by atomic mass is 10.1. The van der Waals surface area contributed by atoms with Crippen LogP contribution < -0.4 is 4.74 Å². The van der Waals surface area contributed by atoms with Gasteiger partial charge in [0.05, 0.1) is 6.61 Å². The first kappa shape index (κ1) is 16.6. The summed E-state index contributed by atoms with van der Waals surface area (Å²) in [6, 6.07) is 16.8. The summed E-state index contributed by atoms with van der Waals surface area (Å²) in [4.78, 5) is 11.1. The van der Waals surface area contributed by atoms with Crippen LogP contribution in [0.2, 0.25) is 0 Å². The predicted octanol–water partition coefficient (Wildman–Crippen LogP) is 2.87. The Morgan fingerprint density at radius 2 is 1.83 bits per heavy atom. The zero-order valence-corrected chi connectivity index (χ0v) is 12.9. The summed E-state index contributed by atoms with van der Waals surface area (Å²) in [7, 11) is 0. The van der Waals surface area contributed by atoms with Gasteiger partial charge in [-0.25, -0.2) is 4.79 Å². The molecule has 0 radical (unpaired) electrons. The van der Waals surface area contributed by atoms with Crippen LogP contribution in [0.1, 0.15) is 24.2 Å². The fraction of sp³-hybridized carbons (Fsp3) is 0.211. The third-order valence-electron chi connectivity index (χ3n) is 3.03. The van der Waals surface area contributed by atoms with E-state index in [-0.39, 0.29) is 6.61 Å². The number of aliphatic hydroxyl groups excluding tert-OH is 1. The van der Waals surface area contributed by atoms with E-state index in [0.29, 0.717) is 17.9 Å². The number of carbonyl (C=O) groups excluding carboxylic acids is 1. The molecule has 2 aromatic carbocycles. The van der Waals surface area contributed by atoms with Crippen molar-refractivity contribution in [3.63, 3.8) is 0 Å². The van der Waals surface area contributed by atoms with Crippen LogP contribution >= 0.6 is 0 Å². The van der Waals surface area contributed by atoms with Crippen molar-refractivity contribution in [2.75, 3.05) is 6.61 Å². The van der Waals surface area contributed by atoms with Crippen molar-refractivity contribution < 1.29 is 19.4 Å². The van der Waals surface area contributed by atoms with Crippen LogP contribution in [0.3, 0.4) is 0 Å². The van der Waals surface area contributed by atoms with Crippen LogP contribution in [0, 0.1) is 11.8 Å². The number of ether oxygens (including phenoxy) is 2. The number of rotatable bonds is 5. The average Bonchev–Trinajstić information content (AvgIpc) is 2.59. The molecule has 118 valence electrons. The van der Waals surface area contributed by atoms with Crippen molar-refractivity contribution in [1.29, 1.82) is 0 Å². The van der Waals surface area contributed by atoms with Crippen LogP contribution in [-0.2, 0) is 16.1 Å². The fourth-order valence-electron chi connectivity index (χ4n) is 1.87. The number of aliphatic hydroxyl groups is 1. The van der Waals surface area contributed by atoms with Crippen molar-refractivity contribution in [1.82, 2.24) is 0 Å². The zero-order chi connectivity index (χ0) is 16.5. The molecule has 0 bridgehead atoms. The highest BCUT2D eigenvalue weighted by molar-refractivity contribution is 5.88. The molecule has 0 spiro atoms. The van der Waals surface area contributed by atoms with E-state index in [1.807, 2.05) is 30.3 Å². The molecule has 0 heterocycles. The summed E-state index contributed by atoms with van der Waals surface area (Å²) >= 11 is 0. The van der Waals surface area contributed by atoms with Gasteiger partial charge in [0.1, 0.15) is 18.5 Å². The van der Waals surface area contributed by atoms with Gasteiger partial charge >= 0.3 is 5.97 Å². The van der Waals surface area contributed by atoms with Crippen LogP contribution in [-0.4, -0.2) is 17.7 Å². The normalized spacial score (nSPS) is 11.0. The minimum absolute atomic E-state index is 0.261. The summed E-state index contributed by atoms with van der Waals surface area (Å²) in [5, 5.41) is 9.91. The number of benzene rings is 2. The Hall–Kier alpha value is -2.77. The van der Waals surface area contributed by atoms with Gasteiger partial charge in [-0.3, -0.25) is 0 Å². The van der Waals surface area contributed by atoms with Gasteiger partial charge in [-0.2, -0.15) is 0 Å². The fourth-order valence-corrected chi connectivity index (χ4v) is 1.87. The van der Waals surface area contributed by atoms with Crippen LogP contribution in [0.15, 0.2) is 54.6 Å². The molecule has 0 aliphatic heterocycles. The molecule has 2 rings (SSSR count). The summed E-state index contributed by atoms with van der Waals surface area (Å²) in [6.45, 7) is 2.44. The van der Waals surface area contributed by atoms with Gasteiger partial charge in [0.2, 0.25) is 0 Å². The third-order valence-corrected chi connectivity index (χ3v) is 3.03. The summed E-state index contributed by atoms with van der Waals surface area (Å²) in [6.07, 6.45) is -1.04. The monoisotopic (exact) mass is 310 g/mol. The second-order valence-electron chi connectivity index (χ2n) is 4.74. The number of carbonyl (C=O) groups is 1. The third kappa shape index (κ3) is 5.50. The van der Waals surface area contributed by atoms with E-state index in [2.05, 4.69) is 16.6 Å². The number of hydrogen-bond donors (Lipinski definition) is 1. The molecule has 0 saturated heterocycles. The molecule has 2 aromatic rings. The minimum atomic E-state index is -1.04. The maximum atomic E-state index is 11.1. The highest BCUT2D eigenvalue weighted by Gasteiger charge is 2.05. The Bertz CT molecular complexity index is 681. The highest BCUT2D eigenvalue weighted by atomic mass is 16.5. The minimum Gasteiger partial charge on any atom is -0.489 e. The largest absolute Gasteiger partial charge is 0.489 e. The van der Waals surface area contributed by atoms with E-state index in [4.69, 9.17) is 4.74 Å². The van der Waals surface area contributed by atoms with Crippen LogP contribution in [0.4, 0.5) is 0 Å². The van der Waals surface area contributed by atoms with Gasteiger partial charge in [-0.1, -0.05) is 48.4 Å². The quantitative estimate of drug-likeness (QED) is 0.524. The molecule has 0 aliphatic carbocycles. The molecule has 0 aliphatic rings. The Morgan fingerprint density at radius 3 is 2.48 bits per heavy atom. The van der Waals surface area contributed by atoms with E-state index in [0.717, 1.165) is 5.56 Å². The van der Waals surface area contributed by atoms with Crippen molar-refractivity contribution in [2.45, 2.75) is 19.6 Å². The van der Waals surface area contributed by atoms with Gasteiger partial charge in [0, 0.05) is 5.92 Å². The molecular weight excluding hydrogens is 292 g/mol. The number of esters is 1. The average molecular weight is 310 g/mol. The van der Waals surface area contributed by atoms with Crippen molar-refractivity contribution in [3.8, 4) is 17.6 Å². The Labute approximate surface area is 135 Å². The molecule has 1 unspecified atom stereocenters. The number of hydrogen-bond acceptors (Lipinski definition) is 4. The van der Waals surface area contributed by atoms with E-state index in [1.54, 1.807) is 31.2 Å². The summed E-state index contributed by atoms with van der Waals surface area (Å²) in [5.74, 6) is 4.75. The lowest BCUT2D eigenvalue weighted by Gasteiger charge is -2.08. The lowest BCUT2D eigenvalue weighted by Crippen LogP contribution is -2.01. The molecular formula is C19H18O4. The first-order valence-electron chi connectivity index (χ1n) is 7.32. The molecule has 23 heavy (non-hydrogen) atoms. The Morgan fingerprint density at radius 1 is 1.13 bits per heavy atom. The molecule has 1 atom stereocenters. The lowest BCUT2D eigenvalue weighted by molar-refractivity contribution is -0.136. The maximum absolute atomic E-state index is 11.1. The van der Waals surface area contributed by atoms with Gasteiger partial charge < -0.3 is 14.6 Å². The topological polar surface area (TPSA) is 55.8 Å². The molecule has 0 fully saturated rings. The first-order valence-corrected chi connectivity index (χ1v) is 7.32. The highest BCUT2D eigenvalue weighted by Crippen LogP contribution is 2.18. The molecule has 0 aromatic heterocycles. The van der Waals surface area contributed by atoms with Gasteiger partial charge in [0.15, 0.2) is 0 Å². The molecule has 1 N–H and O–H groups in total. The van der Waals surface area contributed by atoms with Gasteiger partial charge in [0.25, 0.3) is 0 Å². The Kier molecular flexibility index (Phi) is 6.22. The van der Waals surface area contributed by atoms with Crippen molar-refractivity contribution in [3.05, 3.63) is 65.7 Å². The maximum Gasteiger partial charge on any atom is 0.384 e. The Balaban J connectivity index is 1.92. The van der Waals surface area contributed by atoms with E-state index in [9.17, 15) is 9.90 Å². The van der Waals surface area contributed by atoms with Gasteiger partial charge in [-0.05, 0) is 30.2 Å². The summed E-state index contributed by atoms with van der Waals surface area (Å²) in [5.41, 5.74) is 1.67. The zero-order valence-electron chi connectivity index (χ0n) is 12.9. The van der Waals surface area contributed by atoms with Gasteiger partial charge in [-0.15, -0.1) is 0 Å². The van der Waals surface area contributed by atoms with E-state index < -0.39 is 12.1 Å². The van der Waals surface area contributed by atoms with Crippen molar-refractivity contribution >= 4 is 5.97 Å². The molecule has 4 heteroatoms. The first-order chi connectivity index (χ1) is 11.2. The summed E-state index contributed by atoms with van der Waals surface area (Å²) < 4.78 is 10.3. The molecule has 0 amide bonds. The second-order valence-corrected chi connectivity index (χ2v) is 4.74.